The first-order valence-electron chi connectivity index (χ1n) is 7.44. The number of benzene rings is 2. The van der Waals surface area contributed by atoms with Gasteiger partial charge in [-0.05, 0) is 54.7 Å². The molecule has 0 heterocycles. The fraction of sp³-hybridized carbons (Fsp3) is 0.333. The van der Waals surface area contributed by atoms with Gasteiger partial charge in [0, 0.05) is 17.3 Å². The van der Waals surface area contributed by atoms with Crippen molar-refractivity contribution < 1.29 is 5.11 Å². The molecule has 0 aromatic heterocycles. The monoisotopic (exact) mass is 303 g/mol. The molecular weight excluding hydrogens is 282 g/mol. The quantitative estimate of drug-likeness (QED) is 0.768. The van der Waals surface area contributed by atoms with Crippen molar-refractivity contribution in [3.05, 3.63) is 64.7 Å². The highest BCUT2D eigenvalue weighted by molar-refractivity contribution is 6.30. The Morgan fingerprint density at radius 3 is 2.57 bits per heavy atom. The van der Waals surface area contributed by atoms with Crippen molar-refractivity contribution in [2.24, 2.45) is 0 Å². The van der Waals surface area contributed by atoms with Crippen LogP contribution in [0.15, 0.2) is 48.5 Å². The van der Waals surface area contributed by atoms with E-state index in [1.807, 2.05) is 12.1 Å². The third kappa shape index (κ3) is 4.76. The molecule has 1 unspecified atom stereocenters. The summed E-state index contributed by atoms with van der Waals surface area (Å²) in [6.07, 6.45) is 2.71. The van der Waals surface area contributed by atoms with E-state index >= 15 is 0 Å². The van der Waals surface area contributed by atoms with Gasteiger partial charge in [-0.2, -0.15) is 0 Å². The molecule has 112 valence electrons. The summed E-state index contributed by atoms with van der Waals surface area (Å²) in [4.78, 5) is 0. The molecule has 0 aliphatic heterocycles. The number of aliphatic hydroxyl groups excluding tert-OH is 1. The van der Waals surface area contributed by atoms with Gasteiger partial charge in [0.15, 0.2) is 0 Å². The smallest absolute Gasteiger partial charge is 0.0511 e. The Morgan fingerprint density at radius 2 is 1.90 bits per heavy atom. The van der Waals surface area contributed by atoms with Crippen LogP contribution in [-0.2, 0) is 6.42 Å². The van der Waals surface area contributed by atoms with E-state index in [0.29, 0.717) is 0 Å². The summed E-state index contributed by atoms with van der Waals surface area (Å²) in [5, 5.41) is 13.3. The normalized spacial score (nSPS) is 12.1. The summed E-state index contributed by atoms with van der Waals surface area (Å²) in [6, 6.07) is 16.7. The van der Waals surface area contributed by atoms with E-state index in [2.05, 4.69) is 48.6 Å². The molecule has 2 aromatic carbocycles. The molecular formula is C18H22ClNO. The molecule has 1 atom stereocenters. The van der Waals surface area contributed by atoms with E-state index in [4.69, 9.17) is 16.7 Å². The van der Waals surface area contributed by atoms with Gasteiger partial charge in [0.2, 0.25) is 0 Å². The van der Waals surface area contributed by atoms with Crippen LogP contribution in [0.5, 0.6) is 0 Å². The summed E-state index contributed by atoms with van der Waals surface area (Å²) < 4.78 is 0. The number of aryl methyl sites for hydroxylation is 1. The molecule has 0 saturated heterocycles. The first-order valence-corrected chi connectivity index (χ1v) is 7.82. The van der Waals surface area contributed by atoms with Crippen LogP contribution in [0.25, 0.3) is 0 Å². The summed E-state index contributed by atoms with van der Waals surface area (Å²) in [5.74, 6) is 0. The van der Waals surface area contributed by atoms with Crippen LogP contribution >= 0.6 is 11.6 Å². The van der Waals surface area contributed by atoms with E-state index < -0.39 is 0 Å². The van der Waals surface area contributed by atoms with Crippen LogP contribution in [0.3, 0.4) is 0 Å². The first kappa shape index (κ1) is 15.9. The lowest BCUT2D eigenvalue weighted by molar-refractivity contribution is 0.288. The van der Waals surface area contributed by atoms with Crippen molar-refractivity contribution in [2.45, 2.75) is 32.2 Å². The molecule has 0 saturated carbocycles. The fourth-order valence-electron chi connectivity index (χ4n) is 2.42. The summed E-state index contributed by atoms with van der Waals surface area (Å²) >= 11 is 5.95. The Labute approximate surface area is 131 Å². The number of anilines is 1. The SMILES string of the molecule is CCC(Nc1cccc(CCCO)c1)c1ccc(Cl)cc1. The van der Waals surface area contributed by atoms with Gasteiger partial charge < -0.3 is 10.4 Å². The van der Waals surface area contributed by atoms with Gasteiger partial charge in [-0.1, -0.05) is 42.8 Å². The summed E-state index contributed by atoms with van der Waals surface area (Å²) in [6.45, 7) is 2.40. The van der Waals surface area contributed by atoms with Crippen LogP contribution in [0.1, 0.15) is 36.9 Å². The number of rotatable bonds is 7. The molecule has 0 bridgehead atoms. The molecule has 0 amide bonds. The van der Waals surface area contributed by atoms with Crippen LogP contribution in [-0.4, -0.2) is 11.7 Å². The predicted octanol–water partition coefficient (Wildman–Crippen LogP) is 4.83. The van der Waals surface area contributed by atoms with Crippen molar-refractivity contribution in [1.29, 1.82) is 0 Å². The number of aliphatic hydroxyl groups is 1. The first-order chi connectivity index (χ1) is 10.2. The highest BCUT2D eigenvalue weighted by Crippen LogP contribution is 2.24. The molecule has 0 aliphatic rings. The molecule has 21 heavy (non-hydrogen) atoms. The Kier molecular flexibility index (Phi) is 6.09. The van der Waals surface area contributed by atoms with Gasteiger partial charge in [-0.3, -0.25) is 0 Å². The van der Waals surface area contributed by atoms with Crippen molar-refractivity contribution in [2.75, 3.05) is 11.9 Å². The van der Waals surface area contributed by atoms with Crippen molar-refractivity contribution in [1.82, 2.24) is 0 Å². The maximum atomic E-state index is 8.93. The van der Waals surface area contributed by atoms with Gasteiger partial charge in [-0.15, -0.1) is 0 Å². The molecule has 0 aliphatic carbocycles. The summed E-state index contributed by atoms with van der Waals surface area (Å²) in [7, 11) is 0. The number of halogens is 1. The minimum atomic E-state index is 0.236. The van der Waals surface area contributed by atoms with Crippen LogP contribution < -0.4 is 5.32 Å². The van der Waals surface area contributed by atoms with E-state index in [0.717, 1.165) is 30.0 Å². The second-order valence-corrected chi connectivity index (χ2v) is 5.62. The predicted molar refractivity (Wildman–Crippen MR) is 90.0 cm³/mol. The Bertz CT molecular complexity index is 553. The van der Waals surface area contributed by atoms with Crippen LogP contribution in [0.4, 0.5) is 5.69 Å². The molecule has 3 heteroatoms. The van der Waals surface area contributed by atoms with Gasteiger partial charge >= 0.3 is 0 Å². The van der Waals surface area contributed by atoms with Crippen molar-refractivity contribution in [3.8, 4) is 0 Å². The standard InChI is InChI=1S/C18H22ClNO/c1-2-18(15-8-10-16(19)11-9-15)20-17-7-3-5-14(13-17)6-4-12-21/h3,5,7-11,13,18,20-21H,2,4,6,12H2,1H3. The maximum Gasteiger partial charge on any atom is 0.0511 e. The summed E-state index contributed by atoms with van der Waals surface area (Å²) in [5.41, 5.74) is 3.61. The molecule has 0 fully saturated rings. The zero-order valence-corrected chi connectivity index (χ0v) is 13.1. The average Bonchev–Trinajstić information content (AvgIpc) is 2.52. The van der Waals surface area contributed by atoms with E-state index in [-0.39, 0.29) is 12.6 Å². The highest BCUT2D eigenvalue weighted by Gasteiger charge is 2.09. The van der Waals surface area contributed by atoms with Gasteiger partial charge in [0.05, 0.1) is 6.04 Å². The van der Waals surface area contributed by atoms with E-state index in [9.17, 15) is 0 Å². The lowest BCUT2D eigenvalue weighted by Crippen LogP contribution is -2.09. The lowest BCUT2D eigenvalue weighted by Gasteiger charge is -2.19. The molecule has 0 radical (unpaired) electrons. The number of nitrogens with one attached hydrogen (secondary N) is 1. The average molecular weight is 304 g/mol. The maximum absolute atomic E-state index is 8.93. The third-order valence-electron chi connectivity index (χ3n) is 3.57. The minimum absolute atomic E-state index is 0.236. The second kappa shape index (κ2) is 8.06. The Hall–Kier alpha value is -1.51. The third-order valence-corrected chi connectivity index (χ3v) is 3.82. The lowest BCUT2D eigenvalue weighted by atomic mass is 10.0. The molecule has 2 aromatic rings. The fourth-order valence-corrected chi connectivity index (χ4v) is 2.54. The molecule has 2 nitrogen and oxygen atoms in total. The zero-order valence-electron chi connectivity index (χ0n) is 12.3. The van der Waals surface area contributed by atoms with Crippen molar-refractivity contribution in [3.63, 3.8) is 0 Å². The number of hydrogen-bond acceptors (Lipinski definition) is 2. The minimum Gasteiger partial charge on any atom is -0.396 e. The van der Waals surface area contributed by atoms with Gasteiger partial charge in [0.25, 0.3) is 0 Å². The van der Waals surface area contributed by atoms with Crippen LogP contribution in [0.2, 0.25) is 5.02 Å². The highest BCUT2D eigenvalue weighted by atomic mass is 35.5. The topological polar surface area (TPSA) is 32.3 Å². The molecule has 2 rings (SSSR count). The largest absolute Gasteiger partial charge is 0.396 e. The van der Waals surface area contributed by atoms with E-state index in [1.54, 1.807) is 0 Å². The second-order valence-electron chi connectivity index (χ2n) is 5.18. The van der Waals surface area contributed by atoms with E-state index in [1.165, 1.54) is 11.1 Å². The van der Waals surface area contributed by atoms with Gasteiger partial charge in [-0.25, -0.2) is 0 Å². The van der Waals surface area contributed by atoms with Crippen molar-refractivity contribution >= 4 is 17.3 Å². The number of hydrogen-bond donors (Lipinski definition) is 2. The molecule has 2 N–H and O–H groups in total. The van der Waals surface area contributed by atoms with Gasteiger partial charge in [0.1, 0.15) is 0 Å². The molecule has 0 spiro atoms. The zero-order chi connectivity index (χ0) is 15.1. The van der Waals surface area contributed by atoms with Crippen LogP contribution in [0, 0.1) is 0 Å². The Balaban J connectivity index is 2.09. The Morgan fingerprint density at radius 1 is 1.14 bits per heavy atom.